The summed E-state index contributed by atoms with van der Waals surface area (Å²) in [6.45, 7) is 6.55. The molecule has 4 aromatic rings. The van der Waals surface area contributed by atoms with Crippen molar-refractivity contribution in [3.05, 3.63) is 103 Å². The first-order valence-corrected chi connectivity index (χ1v) is 13.4. The molecule has 1 heterocycles. The number of benzene rings is 4. The molecule has 1 N–H and O–H groups in total. The summed E-state index contributed by atoms with van der Waals surface area (Å²) in [5.41, 5.74) is 0.638. The van der Waals surface area contributed by atoms with E-state index in [1.54, 1.807) is 7.11 Å². The zero-order valence-corrected chi connectivity index (χ0v) is 23.2. The molecule has 8 heteroatoms. The predicted octanol–water partition coefficient (Wildman–Crippen LogP) is 5.20. The molecule has 0 radical (unpaired) electrons. The number of hydrazone groups is 1. The third kappa shape index (κ3) is 4.46. The van der Waals surface area contributed by atoms with E-state index in [0.29, 0.717) is 35.9 Å². The molecule has 0 spiro atoms. The van der Waals surface area contributed by atoms with E-state index < -0.39 is 11.6 Å². The lowest BCUT2D eigenvalue weighted by Gasteiger charge is -2.47. The normalized spacial score (nSPS) is 16.8. The molecule has 0 bridgehead atoms. The van der Waals surface area contributed by atoms with E-state index in [1.165, 1.54) is 11.9 Å². The van der Waals surface area contributed by atoms with E-state index >= 15 is 0 Å². The van der Waals surface area contributed by atoms with Crippen molar-refractivity contribution in [3.8, 4) is 5.75 Å². The summed E-state index contributed by atoms with van der Waals surface area (Å²) in [6.07, 6.45) is 0. The Bertz CT molecular complexity index is 1560. The molecular formula is C32H33N5O3. The molecule has 0 aromatic heterocycles. The molecule has 2 amide bonds. The van der Waals surface area contributed by atoms with Gasteiger partial charge in [0.05, 0.1) is 18.5 Å². The molecular weight excluding hydrogens is 502 g/mol. The van der Waals surface area contributed by atoms with Crippen LogP contribution in [0.3, 0.4) is 0 Å². The van der Waals surface area contributed by atoms with Gasteiger partial charge in [-0.3, -0.25) is 14.6 Å². The molecule has 0 aliphatic carbocycles. The Hall–Kier alpha value is -4.69. The number of hydrazine groups is 1. The van der Waals surface area contributed by atoms with Crippen molar-refractivity contribution in [2.75, 3.05) is 30.2 Å². The Morgan fingerprint density at radius 2 is 1.55 bits per heavy atom. The highest BCUT2D eigenvalue weighted by Gasteiger charge is 2.59. The number of anilines is 2. The van der Waals surface area contributed by atoms with E-state index in [0.717, 1.165) is 16.3 Å². The molecule has 8 nitrogen and oxygen atoms in total. The van der Waals surface area contributed by atoms with E-state index in [4.69, 9.17) is 9.84 Å². The maximum absolute atomic E-state index is 14.9. The SMILES string of the molecule is CCN(CC)N(c1ccccc1OC)C1(NC(C)=O)C(=O)N(c2ccccc2)N=C1c1cccc2ccccc12. The van der Waals surface area contributed by atoms with Crippen LogP contribution < -0.4 is 20.1 Å². The second-order valence-corrected chi connectivity index (χ2v) is 9.44. The fraction of sp³-hybridized carbons (Fsp3) is 0.219. The van der Waals surface area contributed by atoms with Crippen LogP contribution in [0.2, 0.25) is 0 Å². The molecule has 5 rings (SSSR count). The van der Waals surface area contributed by atoms with Gasteiger partial charge in [0.1, 0.15) is 11.5 Å². The quantitative estimate of drug-likeness (QED) is 0.236. The van der Waals surface area contributed by atoms with Gasteiger partial charge in [0.25, 0.3) is 5.66 Å². The van der Waals surface area contributed by atoms with Crippen LogP contribution in [0.5, 0.6) is 5.75 Å². The largest absolute Gasteiger partial charge is 0.495 e. The highest BCUT2D eigenvalue weighted by atomic mass is 16.5. The van der Waals surface area contributed by atoms with Crippen LogP contribution in [0.25, 0.3) is 10.8 Å². The molecule has 1 aliphatic heterocycles. The topological polar surface area (TPSA) is 77.5 Å². The number of rotatable bonds is 9. The Labute approximate surface area is 234 Å². The fourth-order valence-electron chi connectivity index (χ4n) is 5.36. The van der Waals surface area contributed by atoms with Crippen LogP contribution in [-0.4, -0.2) is 48.4 Å². The zero-order valence-electron chi connectivity index (χ0n) is 23.2. The monoisotopic (exact) mass is 535 g/mol. The first-order valence-electron chi connectivity index (χ1n) is 13.4. The van der Waals surface area contributed by atoms with Gasteiger partial charge in [-0.15, -0.1) is 0 Å². The molecule has 204 valence electrons. The van der Waals surface area contributed by atoms with Crippen molar-refractivity contribution in [3.63, 3.8) is 0 Å². The summed E-state index contributed by atoms with van der Waals surface area (Å²) in [7, 11) is 1.59. The Balaban J connectivity index is 1.89. The second-order valence-electron chi connectivity index (χ2n) is 9.44. The van der Waals surface area contributed by atoms with E-state index in [9.17, 15) is 9.59 Å². The summed E-state index contributed by atoms with van der Waals surface area (Å²) < 4.78 is 5.79. The van der Waals surface area contributed by atoms with Crippen molar-refractivity contribution in [2.45, 2.75) is 26.4 Å². The third-order valence-corrected chi connectivity index (χ3v) is 7.09. The Morgan fingerprint density at radius 1 is 0.900 bits per heavy atom. The average Bonchev–Trinajstić information content (AvgIpc) is 3.27. The number of hydrogen-bond acceptors (Lipinski definition) is 6. The van der Waals surface area contributed by atoms with Gasteiger partial charge in [0, 0.05) is 25.6 Å². The lowest BCUT2D eigenvalue weighted by Crippen LogP contribution is -2.73. The number of carbonyl (C=O) groups is 2. The van der Waals surface area contributed by atoms with Gasteiger partial charge in [0.2, 0.25) is 5.91 Å². The minimum atomic E-state index is -1.73. The third-order valence-electron chi connectivity index (χ3n) is 7.09. The summed E-state index contributed by atoms with van der Waals surface area (Å²) >= 11 is 0. The van der Waals surface area contributed by atoms with Crippen molar-refractivity contribution in [1.82, 2.24) is 10.3 Å². The maximum atomic E-state index is 14.9. The minimum absolute atomic E-state index is 0.372. The van der Waals surface area contributed by atoms with Crippen molar-refractivity contribution < 1.29 is 14.3 Å². The molecule has 1 atom stereocenters. The molecule has 1 unspecified atom stereocenters. The van der Waals surface area contributed by atoms with Gasteiger partial charge in [0.15, 0.2) is 0 Å². The molecule has 1 aliphatic rings. The number of fused-ring (bicyclic) bond motifs is 1. The number of nitrogens with one attached hydrogen (secondary N) is 1. The van der Waals surface area contributed by atoms with Gasteiger partial charge in [-0.25, -0.2) is 5.01 Å². The second kappa shape index (κ2) is 11.2. The summed E-state index contributed by atoms with van der Waals surface area (Å²) in [4.78, 5) is 28.0. The zero-order chi connectivity index (χ0) is 28.3. The van der Waals surface area contributed by atoms with Gasteiger partial charge in [-0.05, 0) is 35.0 Å². The van der Waals surface area contributed by atoms with Crippen LogP contribution in [0.1, 0.15) is 26.3 Å². The first kappa shape index (κ1) is 26.9. The van der Waals surface area contributed by atoms with Crippen LogP contribution in [0, 0.1) is 0 Å². The number of amides is 2. The van der Waals surface area contributed by atoms with Crippen LogP contribution in [0.4, 0.5) is 11.4 Å². The number of methoxy groups -OCH3 is 1. The highest BCUT2D eigenvalue weighted by Crippen LogP contribution is 2.41. The van der Waals surface area contributed by atoms with E-state index in [1.807, 2.05) is 121 Å². The number of carbonyl (C=O) groups excluding carboxylic acids is 2. The first-order chi connectivity index (χ1) is 19.5. The standard InChI is InChI=1S/C32H33N5O3/c1-5-35(6-2)37(28-21-12-13-22-29(28)40-4)32(33-23(3)38)30(27-20-14-16-24-15-10-11-19-26(24)27)34-36(31(32)39)25-17-8-7-9-18-25/h7-22H,5-6H2,1-4H3,(H,33,38). The molecule has 4 aromatic carbocycles. The van der Waals surface area contributed by atoms with Crippen molar-refractivity contribution in [2.24, 2.45) is 5.10 Å². The number of para-hydroxylation sites is 3. The summed E-state index contributed by atoms with van der Waals surface area (Å²) in [5.74, 6) is -0.222. The van der Waals surface area contributed by atoms with E-state index in [2.05, 4.69) is 5.32 Å². The fourth-order valence-corrected chi connectivity index (χ4v) is 5.36. The molecule has 0 fully saturated rings. The summed E-state index contributed by atoms with van der Waals surface area (Å²) in [6, 6.07) is 30.6. The van der Waals surface area contributed by atoms with Gasteiger partial charge < -0.3 is 10.1 Å². The number of hydrogen-bond donors (Lipinski definition) is 1. The highest BCUT2D eigenvalue weighted by molar-refractivity contribution is 6.33. The molecule has 0 saturated heterocycles. The Kier molecular flexibility index (Phi) is 7.53. The lowest BCUT2D eigenvalue weighted by atomic mass is 9.91. The van der Waals surface area contributed by atoms with Crippen LogP contribution >= 0.6 is 0 Å². The van der Waals surface area contributed by atoms with Crippen LogP contribution in [0.15, 0.2) is 102 Å². The van der Waals surface area contributed by atoms with Crippen molar-refractivity contribution >= 4 is 39.7 Å². The van der Waals surface area contributed by atoms with Crippen molar-refractivity contribution in [1.29, 1.82) is 0 Å². The van der Waals surface area contributed by atoms with Gasteiger partial charge >= 0.3 is 5.91 Å². The van der Waals surface area contributed by atoms with E-state index in [-0.39, 0.29) is 5.91 Å². The molecule has 40 heavy (non-hydrogen) atoms. The molecule has 0 saturated carbocycles. The minimum Gasteiger partial charge on any atom is -0.495 e. The number of ether oxygens (including phenoxy) is 1. The van der Waals surface area contributed by atoms with Gasteiger partial charge in [-0.2, -0.15) is 10.1 Å². The Morgan fingerprint density at radius 3 is 2.25 bits per heavy atom. The summed E-state index contributed by atoms with van der Waals surface area (Å²) in [5, 5.41) is 15.2. The predicted molar refractivity (Wildman–Crippen MR) is 159 cm³/mol. The van der Waals surface area contributed by atoms with Crippen LogP contribution in [-0.2, 0) is 9.59 Å². The van der Waals surface area contributed by atoms with Gasteiger partial charge in [-0.1, -0.05) is 86.6 Å². The maximum Gasteiger partial charge on any atom is 0.302 e. The average molecular weight is 536 g/mol. The lowest BCUT2D eigenvalue weighted by molar-refractivity contribution is -0.129. The number of nitrogens with zero attached hydrogens (tertiary/aromatic N) is 4. The smallest absolute Gasteiger partial charge is 0.302 e.